The molecule has 0 bridgehead atoms. The summed E-state index contributed by atoms with van der Waals surface area (Å²) < 4.78 is 4.53. The van der Waals surface area contributed by atoms with Crippen LogP contribution >= 0.6 is 11.8 Å². The lowest BCUT2D eigenvalue weighted by atomic mass is 9.86. The molecule has 110 valence electrons. The highest BCUT2D eigenvalue weighted by molar-refractivity contribution is 8.00. The average Bonchev–Trinajstić information content (AvgIpc) is 2.40. The zero-order valence-corrected chi connectivity index (χ0v) is 12.5. The average molecular weight is 288 g/mol. The Labute approximate surface area is 119 Å². The van der Waals surface area contributed by atoms with E-state index >= 15 is 0 Å². The normalized spacial score (nSPS) is 24.6. The van der Waals surface area contributed by atoms with Gasteiger partial charge in [-0.2, -0.15) is 0 Å². The largest absolute Gasteiger partial charge is 0.468 e. The van der Waals surface area contributed by atoms with Gasteiger partial charge < -0.3 is 15.8 Å². The van der Waals surface area contributed by atoms with E-state index in [4.69, 9.17) is 5.73 Å². The van der Waals surface area contributed by atoms with Crippen LogP contribution in [0.3, 0.4) is 0 Å². The van der Waals surface area contributed by atoms with Gasteiger partial charge in [-0.25, -0.2) is 0 Å². The summed E-state index contributed by atoms with van der Waals surface area (Å²) in [6.07, 6.45) is 4.70. The van der Waals surface area contributed by atoms with E-state index in [0.29, 0.717) is 23.5 Å². The highest BCUT2D eigenvalue weighted by Crippen LogP contribution is 2.23. The van der Waals surface area contributed by atoms with Crippen LogP contribution < -0.4 is 11.1 Å². The van der Waals surface area contributed by atoms with Gasteiger partial charge in [-0.1, -0.05) is 19.8 Å². The highest BCUT2D eigenvalue weighted by atomic mass is 32.2. The van der Waals surface area contributed by atoms with Crippen molar-refractivity contribution >= 4 is 23.6 Å². The Morgan fingerprint density at radius 3 is 2.74 bits per heavy atom. The zero-order chi connectivity index (χ0) is 14.3. The van der Waals surface area contributed by atoms with E-state index < -0.39 is 12.0 Å². The number of nitrogens with one attached hydrogen (secondary N) is 1. The smallest absolute Gasteiger partial charge is 0.323 e. The number of esters is 1. The molecule has 3 unspecified atom stereocenters. The fourth-order valence-corrected chi connectivity index (χ4v) is 3.05. The van der Waals surface area contributed by atoms with Gasteiger partial charge in [0.15, 0.2) is 0 Å². The Morgan fingerprint density at radius 1 is 1.42 bits per heavy atom. The van der Waals surface area contributed by atoms with E-state index in [-0.39, 0.29) is 5.91 Å². The number of rotatable bonds is 6. The van der Waals surface area contributed by atoms with Crippen LogP contribution in [0.25, 0.3) is 0 Å². The van der Waals surface area contributed by atoms with Gasteiger partial charge in [0.2, 0.25) is 5.91 Å². The molecular weight excluding hydrogens is 264 g/mol. The maximum atomic E-state index is 11.8. The van der Waals surface area contributed by atoms with Gasteiger partial charge in [0.25, 0.3) is 0 Å². The van der Waals surface area contributed by atoms with Crippen LogP contribution in [0.5, 0.6) is 0 Å². The molecule has 1 amide bonds. The second kappa shape index (κ2) is 8.43. The fraction of sp³-hybridized carbons (Fsp3) is 0.846. The minimum absolute atomic E-state index is 0.0285. The van der Waals surface area contributed by atoms with E-state index in [2.05, 4.69) is 17.0 Å². The predicted octanol–water partition coefficient (Wildman–Crippen LogP) is 0.915. The molecule has 1 rings (SSSR count). The lowest BCUT2D eigenvalue weighted by Crippen LogP contribution is -2.42. The predicted molar refractivity (Wildman–Crippen MR) is 76.9 cm³/mol. The van der Waals surface area contributed by atoms with Crippen molar-refractivity contribution in [3.05, 3.63) is 0 Å². The molecule has 1 fully saturated rings. The van der Waals surface area contributed by atoms with Crippen molar-refractivity contribution in [2.75, 3.05) is 18.6 Å². The van der Waals surface area contributed by atoms with E-state index in [1.807, 2.05) is 0 Å². The first-order valence-electron chi connectivity index (χ1n) is 6.75. The van der Waals surface area contributed by atoms with Crippen LogP contribution in [0.4, 0.5) is 0 Å². The van der Waals surface area contributed by atoms with Crippen LogP contribution in [0, 0.1) is 5.92 Å². The number of hydrogen-bond acceptors (Lipinski definition) is 5. The minimum Gasteiger partial charge on any atom is -0.468 e. The first-order chi connectivity index (χ1) is 9.04. The van der Waals surface area contributed by atoms with Crippen molar-refractivity contribution in [2.45, 2.75) is 44.7 Å². The molecule has 0 aromatic heterocycles. The molecule has 0 aromatic carbocycles. The molecule has 6 heteroatoms. The van der Waals surface area contributed by atoms with E-state index in [9.17, 15) is 9.59 Å². The van der Waals surface area contributed by atoms with Gasteiger partial charge in [-0.3, -0.25) is 9.59 Å². The molecule has 19 heavy (non-hydrogen) atoms. The zero-order valence-electron chi connectivity index (χ0n) is 11.7. The number of carbonyl (C=O) groups excluding carboxylic acids is 2. The van der Waals surface area contributed by atoms with E-state index in [1.165, 1.54) is 38.1 Å². The Balaban J connectivity index is 2.19. The third-order valence-electron chi connectivity index (χ3n) is 3.49. The second-order valence-electron chi connectivity index (χ2n) is 5.08. The van der Waals surface area contributed by atoms with Crippen LogP contribution in [0.2, 0.25) is 0 Å². The monoisotopic (exact) mass is 288 g/mol. The quantitative estimate of drug-likeness (QED) is 0.710. The molecule has 5 nitrogen and oxygen atoms in total. The third-order valence-corrected chi connectivity index (χ3v) is 4.55. The topological polar surface area (TPSA) is 81.4 Å². The van der Waals surface area contributed by atoms with Crippen LogP contribution in [0.1, 0.15) is 32.6 Å². The molecule has 0 aromatic rings. The van der Waals surface area contributed by atoms with E-state index in [0.717, 1.165) is 6.42 Å². The summed E-state index contributed by atoms with van der Waals surface area (Å²) in [6, 6.07) is -0.354. The molecule has 3 atom stereocenters. The second-order valence-corrected chi connectivity index (χ2v) is 6.11. The number of ether oxygens (including phenoxy) is 1. The van der Waals surface area contributed by atoms with Gasteiger partial charge in [0, 0.05) is 11.8 Å². The Morgan fingerprint density at radius 2 is 2.11 bits per heavy atom. The summed E-state index contributed by atoms with van der Waals surface area (Å²) in [4.78, 5) is 22.9. The third kappa shape index (κ3) is 5.82. The number of carbonyl (C=O) groups is 2. The molecule has 1 aliphatic rings. The number of thioether (sulfide) groups is 1. The maximum Gasteiger partial charge on any atom is 0.323 e. The summed E-state index contributed by atoms with van der Waals surface area (Å²) >= 11 is 1.37. The van der Waals surface area contributed by atoms with Crippen molar-refractivity contribution < 1.29 is 14.3 Å². The first kappa shape index (κ1) is 16.3. The SMILES string of the molecule is COC(=O)C(N)CSCC(=O)NC1CCCCC1C. The summed E-state index contributed by atoms with van der Waals surface area (Å²) in [7, 11) is 1.31. The molecule has 0 radical (unpaired) electrons. The van der Waals surface area contributed by atoms with Gasteiger partial charge in [-0.05, 0) is 18.8 Å². The van der Waals surface area contributed by atoms with E-state index in [1.54, 1.807) is 0 Å². The van der Waals surface area contributed by atoms with Crippen molar-refractivity contribution in [3.8, 4) is 0 Å². The molecule has 1 saturated carbocycles. The summed E-state index contributed by atoms with van der Waals surface area (Å²) in [6.45, 7) is 2.18. The summed E-state index contributed by atoms with van der Waals surface area (Å²) in [5, 5.41) is 3.07. The Hall–Kier alpha value is -0.750. The van der Waals surface area contributed by atoms with Crippen molar-refractivity contribution in [1.29, 1.82) is 0 Å². The molecule has 0 saturated heterocycles. The minimum atomic E-state index is -0.656. The van der Waals surface area contributed by atoms with Crippen molar-refractivity contribution in [1.82, 2.24) is 5.32 Å². The number of nitrogens with two attached hydrogens (primary N) is 1. The summed E-state index contributed by atoms with van der Waals surface area (Å²) in [5.41, 5.74) is 5.59. The Bertz CT molecular complexity index is 312. The van der Waals surface area contributed by atoms with Crippen molar-refractivity contribution in [2.24, 2.45) is 11.7 Å². The van der Waals surface area contributed by atoms with Crippen LogP contribution in [0.15, 0.2) is 0 Å². The van der Waals surface area contributed by atoms with Crippen LogP contribution in [-0.2, 0) is 14.3 Å². The molecule has 0 heterocycles. The van der Waals surface area contributed by atoms with Crippen LogP contribution in [-0.4, -0.2) is 42.6 Å². The Kier molecular flexibility index (Phi) is 7.23. The molecule has 1 aliphatic carbocycles. The lowest BCUT2D eigenvalue weighted by molar-refractivity contribution is -0.141. The lowest BCUT2D eigenvalue weighted by Gasteiger charge is -2.29. The first-order valence-corrected chi connectivity index (χ1v) is 7.90. The fourth-order valence-electron chi connectivity index (χ4n) is 2.28. The molecule has 0 spiro atoms. The molecule has 3 N–H and O–H groups in total. The van der Waals surface area contributed by atoms with Gasteiger partial charge in [0.05, 0.1) is 12.9 Å². The molecular formula is C13H24N2O3S. The number of hydrogen-bond donors (Lipinski definition) is 2. The number of amides is 1. The maximum absolute atomic E-state index is 11.8. The van der Waals surface area contributed by atoms with Gasteiger partial charge in [-0.15, -0.1) is 11.8 Å². The standard InChI is InChI=1S/C13H24N2O3S/c1-9-5-3-4-6-11(9)15-12(16)8-19-7-10(14)13(17)18-2/h9-11H,3-8,14H2,1-2H3,(H,15,16). The van der Waals surface area contributed by atoms with Gasteiger partial charge >= 0.3 is 5.97 Å². The molecule has 0 aliphatic heterocycles. The van der Waals surface area contributed by atoms with Crippen molar-refractivity contribution in [3.63, 3.8) is 0 Å². The highest BCUT2D eigenvalue weighted by Gasteiger charge is 2.22. The number of methoxy groups -OCH3 is 1. The van der Waals surface area contributed by atoms with Gasteiger partial charge in [0.1, 0.15) is 6.04 Å². The summed E-state index contributed by atoms with van der Waals surface area (Å²) in [5.74, 6) is 0.892.